The van der Waals surface area contributed by atoms with E-state index in [0.717, 1.165) is 0 Å². The molecule has 0 amide bonds. The Balaban J connectivity index is 3.26. The normalized spacial score (nSPS) is 12.6. The molecule has 0 bridgehead atoms. The summed E-state index contributed by atoms with van der Waals surface area (Å²) in [5.41, 5.74) is 0. The van der Waals surface area contributed by atoms with E-state index >= 15 is 0 Å². The van der Waals surface area contributed by atoms with Gasteiger partial charge in [0.15, 0.2) is 0 Å². The van der Waals surface area contributed by atoms with Crippen LogP contribution in [0, 0.1) is 0 Å². The second-order valence-electron chi connectivity index (χ2n) is 3.08. The highest BCUT2D eigenvalue weighted by Crippen LogP contribution is 2.32. The van der Waals surface area contributed by atoms with Crippen molar-refractivity contribution in [3.63, 3.8) is 0 Å². The van der Waals surface area contributed by atoms with Gasteiger partial charge in [-0.15, -0.1) is 13.2 Å². The highest BCUT2D eigenvalue weighted by atomic mass is 32.2. The minimum atomic E-state index is -5.16. The second kappa shape index (κ2) is 5.17. The van der Waals surface area contributed by atoms with Gasteiger partial charge in [0.1, 0.15) is 16.4 Å². The monoisotopic (exact) mass is 307 g/mol. The summed E-state index contributed by atoms with van der Waals surface area (Å²) in [7, 11) is -4.61. The van der Waals surface area contributed by atoms with E-state index < -0.39 is 39.4 Å². The minimum Gasteiger partial charge on any atom is -0.435 e. The van der Waals surface area contributed by atoms with E-state index in [-0.39, 0.29) is 0 Å². The molecule has 1 rings (SSSR count). The number of alkyl halides is 5. The number of nitrogens with two attached hydrogens (primary N) is 1. The topological polar surface area (TPSA) is 78.6 Å². The van der Waals surface area contributed by atoms with E-state index in [0.29, 0.717) is 18.2 Å². The Hall–Kier alpha value is -1.62. The zero-order valence-corrected chi connectivity index (χ0v) is 9.63. The number of rotatable bonds is 4. The molecule has 0 aliphatic carbocycles. The third-order valence-corrected chi connectivity index (χ3v) is 2.60. The third kappa shape index (κ3) is 4.87. The molecular weight excluding hydrogens is 301 g/mol. The van der Waals surface area contributed by atoms with Crippen LogP contribution in [0.2, 0.25) is 0 Å². The molecule has 0 saturated carbocycles. The number of benzene rings is 1. The van der Waals surface area contributed by atoms with E-state index in [1.807, 2.05) is 0 Å². The zero-order chi connectivity index (χ0) is 14.8. The lowest BCUT2D eigenvalue weighted by Crippen LogP contribution is -2.21. The van der Waals surface area contributed by atoms with Gasteiger partial charge in [0, 0.05) is 6.07 Å². The fraction of sp³-hybridized carbons (Fsp3) is 0.250. The van der Waals surface area contributed by atoms with Gasteiger partial charge >= 0.3 is 13.0 Å². The maximum absolute atomic E-state index is 12.0. The Kier molecular flexibility index (Phi) is 4.20. The molecule has 0 saturated heterocycles. The molecule has 0 aromatic heterocycles. The van der Waals surface area contributed by atoms with Crippen LogP contribution in [-0.2, 0) is 10.0 Å². The van der Waals surface area contributed by atoms with Crippen molar-refractivity contribution in [1.82, 2.24) is 0 Å². The van der Waals surface area contributed by atoms with Gasteiger partial charge in [-0.1, -0.05) is 0 Å². The summed E-state index contributed by atoms with van der Waals surface area (Å²) in [6, 6.07) is 1.59. The lowest BCUT2D eigenvalue weighted by molar-refractivity contribution is -0.275. The number of hydrogen-bond donors (Lipinski definition) is 1. The Morgan fingerprint density at radius 3 is 2.21 bits per heavy atom. The lowest BCUT2D eigenvalue weighted by Gasteiger charge is -2.13. The van der Waals surface area contributed by atoms with Gasteiger partial charge in [0.2, 0.25) is 10.0 Å². The number of hydrogen-bond acceptors (Lipinski definition) is 4. The Labute approximate surface area is 103 Å². The molecule has 1 aromatic carbocycles. The molecule has 0 atom stereocenters. The SMILES string of the molecule is NS(=O)(=O)c1cc(OC(F)F)ccc1OC(F)(F)F. The molecule has 11 heteroatoms. The smallest absolute Gasteiger partial charge is 0.435 e. The van der Waals surface area contributed by atoms with E-state index in [2.05, 4.69) is 14.6 Å². The van der Waals surface area contributed by atoms with Gasteiger partial charge in [-0.05, 0) is 12.1 Å². The summed E-state index contributed by atoms with van der Waals surface area (Å²) in [6.45, 7) is -3.28. The molecule has 108 valence electrons. The molecule has 0 unspecified atom stereocenters. The third-order valence-electron chi connectivity index (χ3n) is 1.67. The fourth-order valence-electron chi connectivity index (χ4n) is 1.10. The Morgan fingerprint density at radius 1 is 1.21 bits per heavy atom. The van der Waals surface area contributed by atoms with Crippen LogP contribution in [0.1, 0.15) is 0 Å². The van der Waals surface area contributed by atoms with Crippen molar-refractivity contribution in [1.29, 1.82) is 0 Å². The first kappa shape index (κ1) is 15.4. The van der Waals surface area contributed by atoms with Crippen LogP contribution in [0.5, 0.6) is 11.5 Å². The number of halogens is 5. The Morgan fingerprint density at radius 2 is 1.79 bits per heavy atom. The largest absolute Gasteiger partial charge is 0.573 e. The summed E-state index contributed by atoms with van der Waals surface area (Å²) in [4.78, 5) is -1.12. The average Bonchev–Trinajstić information content (AvgIpc) is 2.15. The molecular formula is C8H6F5NO4S. The Bertz CT molecular complexity index is 557. The highest BCUT2D eigenvalue weighted by molar-refractivity contribution is 7.89. The van der Waals surface area contributed by atoms with Crippen LogP contribution in [0.15, 0.2) is 23.1 Å². The molecule has 0 aliphatic rings. The first-order valence-corrected chi connectivity index (χ1v) is 5.91. The van der Waals surface area contributed by atoms with Crippen molar-refractivity contribution in [2.75, 3.05) is 0 Å². The van der Waals surface area contributed by atoms with Gasteiger partial charge in [-0.3, -0.25) is 0 Å². The van der Waals surface area contributed by atoms with Gasteiger partial charge in [0.25, 0.3) is 0 Å². The number of primary sulfonamides is 1. The van der Waals surface area contributed by atoms with Gasteiger partial charge < -0.3 is 9.47 Å². The average molecular weight is 307 g/mol. The molecule has 19 heavy (non-hydrogen) atoms. The van der Waals surface area contributed by atoms with Crippen LogP contribution in [0.4, 0.5) is 22.0 Å². The van der Waals surface area contributed by atoms with Crippen molar-refractivity contribution in [3.8, 4) is 11.5 Å². The maximum atomic E-state index is 12.0. The molecule has 1 aromatic rings. The second-order valence-corrected chi connectivity index (χ2v) is 4.61. The van der Waals surface area contributed by atoms with Crippen molar-refractivity contribution in [3.05, 3.63) is 18.2 Å². The first-order chi connectivity index (χ1) is 8.49. The van der Waals surface area contributed by atoms with Crippen molar-refractivity contribution in [2.24, 2.45) is 5.14 Å². The maximum Gasteiger partial charge on any atom is 0.573 e. The van der Waals surface area contributed by atoms with E-state index in [1.165, 1.54) is 0 Å². The summed E-state index contributed by atoms with van der Waals surface area (Å²) >= 11 is 0. The fourth-order valence-corrected chi connectivity index (χ4v) is 1.77. The number of ether oxygens (including phenoxy) is 2. The van der Waals surface area contributed by atoms with Gasteiger partial charge in [0.05, 0.1) is 0 Å². The molecule has 0 aliphatic heterocycles. The van der Waals surface area contributed by atoms with Crippen LogP contribution in [0.3, 0.4) is 0 Å². The predicted molar refractivity (Wildman–Crippen MR) is 51.1 cm³/mol. The molecule has 0 spiro atoms. The van der Waals surface area contributed by atoms with Crippen LogP contribution in [0.25, 0.3) is 0 Å². The molecule has 0 heterocycles. The van der Waals surface area contributed by atoms with Gasteiger partial charge in [-0.25, -0.2) is 13.6 Å². The summed E-state index contributed by atoms with van der Waals surface area (Å²) in [5, 5.41) is 4.66. The molecule has 2 N–H and O–H groups in total. The minimum absolute atomic E-state index is 0.405. The van der Waals surface area contributed by atoms with Crippen molar-refractivity contribution in [2.45, 2.75) is 17.9 Å². The zero-order valence-electron chi connectivity index (χ0n) is 8.82. The standard InChI is InChI=1S/C8H6F5NO4S/c9-7(10)17-4-1-2-5(18-8(11,12)13)6(3-4)19(14,15)16/h1-3,7H,(H2,14,15,16). The van der Waals surface area contributed by atoms with Crippen molar-refractivity contribution >= 4 is 10.0 Å². The number of sulfonamides is 1. The van der Waals surface area contributed by atoms with Crippen molar-refractivity contribution < 1.29 is 39.8 Å². The molecule has 0 radical (unpaired) electrons. The van der Waals surface area contributed by atoms with Crippen LogP contribution in [-0.4, -0.2) is 21.4 Å². The molecule has 0 fully saturated rings. The van der Waals surface area contributed by atoms with Gasteiger partial charge in [-0.2, -0.15) is 8.78 Å². The van der Waals surface area contributed by atoms with E-state index in [9.17, 15) is 30.4 Å². The van der Waals surface area contributed by atoms with Crippen LogP contribution >= 0.6 is 0 Å². The predicted octanol–water partition coefficient (Wildman–Crippen LogP) is 1.83. The van der Waals surface area contributed by atoms with E-state index in [4.69, 9.17) is 0 Å². The highest BCUT2D eigenvalue weighted by Gasteiger charge is 2.33. The lowest BCUT2D eigenvalue weighted by atomic mass is 10.3. The summed E-state index contributed by atoms with van der Waals surface area (Å²) in [6.07, 6.45) is -5.16. The quantitative estimate of drug-likeness (QED) is 0.861. The summed E-state index contributed by atoms with van der Waals surface area (Å²) < 4.78 is 89.2. The first-order valence-electron chi connectivity index (χ1n) is 4.36. The van der Waals surface area contributed by atoms with E-state index in [1.54, 1.807) is 0 Å². The molecule has 5 nitrogen and oxygen atoms in total. The summed E-state index contributed by atoms with van der Waals surface area (Å²) in [5.74, 6) is -1.81. The van der Waals surface area contributed by atoms with Crippen LogP contribution < -0.4 is 14.6 Å².